The molecule has 5 aliphatic heterocycles. The van der Waals surface area contributed by atoms with Crippen LogP contribution < -0.4 is 11.1 Å². The summed E-state index contributed by atoms with van der Waals surface area (Å²) in [6.07, 6.45) is -5.35. The van der Waals surface area contributed by atoms with Gasteiger partial charge >= 0.3 is 5.97 Å². The highest BCUT2D eigenvalue weighted by atomic mass is 16.9. The van der Waals surface area contributed by atoms with Crippen molar-refractivity contribution in [1.29, 1.82) is 0 Å². The van der Waals surface area contributed by atoms with E-state index in [2.05, 4.69) is 10.3 Å². The lowest BCUT2D eigenvalue weighted by atomic mass is 9.56. The Balaban J connectivity index is 1.77. The highest BCUT2D eigenvalue weighted by molar-refractivity contribution is 5.80. The first kappa shape index (κ1) is 12.5. The molecule has 10 heteroatoms. The van der Waals surface area contributed by atoms with Gasteiger partial charge in [0.25, 0.3) is 0 Å². The van der Waals surface area contributed by atoms with Crippen molar-refractivity contribution in [2.24, 2.45) is 16.6 Å². The van der Waals surface area contributed by atoms with E-state index in [9.17, 15) is 20.4 Å². The Morgan fingerprint density at radius 2 is 2.00 bits per heavy atom. The monoisotopic (exact) mass is 301 g/mol. The van der Waals surface area contributed by atoms with Crippen molar-refractivity contribution in [2.75, 3.05) is 6.61 Å². The van der Waals surface area contributed by atoms with Crippen molar-refractivity contribution in [1.82, 2.24) is 5.32 Å². The quantitative estimate of drug-likeness (QED) is 0.281. The lowest BCUT2D eigenvalue weighted by molar-refractivity contribution is -0.529. The molecule has 1 saturated carbocycles. The summed E-state index contributed by atoms with van der Waals surface area (Å²) < 4.78 is 16.4. The third kappa shape index (κ3) is 1.03. The molecule has 6 rings (SSSR count). The molecule has 9 atom stereocenters. The normalized spacial score (nSPS) is 66.2. The molecule has 4 saturated heterocycles. The van der Waals surface area contributed by atoms with Crippen molar-refractivity contribution >= 4 is 5.96 Å². The van der Waals surface area contributed by atoms with Gasteiger partial charge in [0.05, 0.1) is 12.5 Å². The van der Waals surface area contributed by atoms with Gasteiger partial charge in [-0.15, -0.1) is 0 Å². The zero-order valence-electron chi connectivity index (χ0n) is 10.7. The molecule has 7 N–H and O–H groups in total. The summed E-state index contributed by atoms with van der Waals surface area (Å²) in [4.78, 5) is 4.09. The summed E-state index contributed by atoms with van der Waals surface area (Å²) in [5.41, 5.74) is 2.70. The number of rotatable bonds is 1. The molecule has 10 nitrogen and oxygen atoms in total. The highest BCUT2D eigenvalue weighted by Crippen LogP contribution is 2.63. The predicted octanol–water partition coefficient (Wildman–Crippen LogP) is -4.47. The lowest BCUT2D eigenvalue weighted by Gasteiger charge is -2.68. The molecule has 1 aliphatic carbocycles. The summed E-state index contributed by atoms with van der Waals surface area (Å²) in [6, 6.07) is 0. The number of aliphatic hydroxyl groups excluding tert-OH is 2. The minimum absolute atomic E-state index is 0.0795. The SMILES string of the molecule is NC1=NC2O[C@@H]3[C@]4(O)OC5C2[C@@]3(N1)[C@H](O)[C@@H](O4)[C@]5(O)CO. The van der Waals surface area contributed by atoms with Gasteiger partial charge in [-0.25, -0.2) is 4.99 Å². The summed E-state index contributed by atoms with van der Waals surface area (Å²) in [6.45, 7) is -0.696. The van der Waals surface area contributed by atoms with E-state index < -0.39 is 60.3 Å². The van der Waals surface area contributed by atoms with Crippen LogP contribution in [-0.4, -0.2) is 80.7 Å². The number of ether oxygens (including phenoxy) is 3. The number of nitrogens with one attached hydrogen (secondary N) is 1. The van der Waals surface area contributed by atoms with Crippen LogP contribution >= 0.6 is 0 Å². The molecule has 6 aliphatic rings. The Hall–Kier alpha value is -1.01. The van der Waals surface area contributed by atoms with Crippen LogP contribution in [0.3, 0.4) is 0 Å². The van der Waals surface area contributed by atoms with Crippen LogP contribution in [0.4, 0.5) is 0 Å². The fraction of sp³-hybridized carbons (Fsp3) is 0.909. The van der Waals surface area contributed by atoms with E-state index in [1.165, 1.54) is 0 Å². The van der Waals surface area contributed by atoms with Crippen LogP contribution in [0.1, 0.15) is 0 Å². The molecule has 116 valence electrons. The minimum atomic E-state index is -2.13. The maximum absolute atomic E-state index is 10.7. The lowest BCUT2D eigenvalue weighted by Crippen LogP contribution is -2.92. The summed E-state index contributed by atoms with van der Waals surface area (Å²) in [5.74, 6) is -2.66. The Kier molecular flexibility index (Phi) is 1.89. The molecule has 0 aromatic rings. The largest absolute Gasteiger partial charge is 0.393 e. The number of nitrogens with two attached hydrogens (primary N) is 1. The summed E-state index contributed by atoms with van der Waals surface area (Å²) in [5, 5.41) is 44.4. The maximum Gasteiger partial charge on any atom is 0.311 e. The van der Waals surface area contributed by atoms with Crippen LogP contribution in [0.5, 0.6) is 0 Å². The van der Waals surface area contributed by atoms with Crippen LogP contribution in [0, 0.1) is 5.92 Å². The van der Waals surface area contributed by atoms with Gasteiger partial charge in [-0.2, -0.15) is 0 Å². The molecule has 7 bridgehead atoms. The number of hydrogen-bond donors (Lipinski definition) is 6. The van der Waals surface area contributed by atoms with Crippen molar-refractivity contribution < 1.29 is 34.6 Å². The van der Waals surface area contributed by atoms with Crippen molar-refractivity contribution in [3.05, 3.63) is 0 Å². The second-order valence-electron chi connectivity index (χ2n) is 6.31. The molecule has 5 heterocycles. The Bertz CT molecular complexity index is 574. The second-order valence-corrected chi connectivity index (χ2v) is 6.31. The van der Waals surface area contributed by atoms with Gasteiger partial charge in [0.1, 0.15) is 29.5 Å². The molecule has 3 unspecified atom stereocenters. The van der Waals surface area contributed by atoms with Gasteiger partial charge in [0.15, 0.2) is 18.3 Å². The first-order valence-corrected chi connectivity index (χ1v) is 6.73. The van der Waals surface area contributed by atoms with Gasteiger partial charge < -0.3 is 45.7 Å². The second kappa shape index (κ2) is 3.18. The Labute approximate surface area is 118 Å². The fourth-order valence-electron chi connectivity index (χ4n) is 4.65. The molecular weight excluding hydrogens is 286 g/mol. The first-order valence-electron chi connectivity index (χ1n) is 6.73. The zero-order valence-corrected chi connectivity index (χ0v) is 10.7. The molecular formula is C11H15N3O7. The summed E-state index contributed by atoms with van der Waals surface area (Å²) >= 11 is 0. The molecule has 0 aromatic carbocycles. The predicted molar refractivity (Wildman–Crippen MR) is 62.4 cm³/mol. The zero-order chi connectivity index (χ0) is 14.8. The van der Waals surface area contributed by atoms with E-state index in [1.54, 1.807) is 0 Å². The number of guanidine groups is 1. The third-order valence-corrected chi connectivity index (χ3v) is 5.44. The smallest absolute Gasteiger partial charge is 0.311 e. The third-order valence-electron chi connectivity index (χ3n) is 5.44. The van der Waals surface area contributed by atoms with Gasteiger partial charge in [-0.1, -0.05) is 0 Å². The van der Waals surface area contributed by atoms with Gasteiger partial charge in [-0.3, -0.25) is 0 Å². The minimum Gasteiger partial charge on any atom is -0.393 e. The molecule has 5 fully saturated rings. The Morgan fingerprint density at radius 3 is 2.71 bits per heavy atom. The van der Waals surface area contributed by atoms with E-state index >= 15 is 0 Å². The number of aliphatic hydroxyl groups is 4. The van der Waals surface area contributed by atoms with Crippen molar-refractivity contribution in [2.45, 2.75) is 47.8 Å². The number of aliphatic imine (C=N–C) groups is 1. The highest BCUT2D eigenvalue weighted by Gasteiger charge is 2.86. The van der Waals surface area contributed by atoms with Crippen LogP contribution in [0.15, 0.2) is 4.99 Å². The summed E-state index contributed by atoms with van der Waals surface area (Å²) in [7, 11) is 0. The topological polar surface area (TPSA) is 159 Å². The Morgan fingerprint density at radius 1 is 1.29 bits per heavy atom. The average Bonchev–Trinajstić information content (AvgIpc) is 2.59. The van der Waals surface area contributed by atoms with Crippen LogP contribution in [-0.2, 0) is 14.2 Å². The molecule has 0 aromatic heterocycles. The standard InChI is InChI=1S/C11H15N3O7/c12-8-13-6-2-4-9(17,1-15)5-3(16)10(2,14-8)7(19-6)11(18,20-4)21-5/h2-7,15-18H,1H2,(H3,12,13,14)/t2?,3-,4?,5-,6?,7+,9+,10-,11+/m1/s1. The van der Waals surface area contributed by atoms with Crippen molar-refractivity contribution in [3.8, 4) is 0 Å². The van der Waals surface area contributed by atoms with Gasteiger partial charge in [0.2, 0.25) is 0 Å². The molecule has 0 amide bonds. The van der Waals surface area contributed by atoms with Crippen LogP contribution in [0.2, 0.25) is 0 Å². The van der Waals surface area contributed by atoms with E-state index in [4.69, 9.17) is 19.9 Å². The van der Waals surface area contributed by atoms with Gasteiger partial charge in [-0.05, 0) is 0 Å². The van der Waals surface area contributed by atoms with E-state index in [0.717, 1.165) is 0 Å². The number of nitrogens with zero attached hydrogens (tertiary/aromatic N) is 1. The van der Waals surface area contributed by atoms with Crippen LogP contribution in [0.25, 0.3) is 0 Å². The first-order chi connectivity index (χ1) is 9.87. The van der Waals surface area contributed by atoms with E-state index in [0.29, 0.717) is 0 Å². The molecule has 1 spiro atoms. The van der Waals surface area contributed by atoms with Gasteiger partial charge in [0, 0.05) is 0 Å². The maximum atomic E-state index is 10.7. The molecule has 21 heavy (non-hydrogen) atoms. The van der Waals surface area contributed by atoms with E-state index in [1.807, 2.05) is 0 Å². The fourth-order valence-corrected chi connectivity index (χ4v) is 4.65. The average molecular weight is 301 g/mol. The van der Waals surface area contributed by atoms with E-state index in [-0.39, 0.29) is 5.96 Å². The number of hydrogen-bond acceptors (Lipinski definition) is 10. The van der Waals surface area contributed by atoms with Crippen molar-refractivity contribution in [3.63, 3.8) is 0 Å². The molecule has 0 radical (unpaired) electrons.